The van der Waals surface area contributed by atoms with Gasteiger partial charge in [-0.2, -0.15) is 0 Å². The minimum atomic E-state index is -0.493. The lowest BCUT2D eigenvalue weighted by Crippen LogP contribution is -2.34. The summed E-state index contributed by atoms with van der Waals surface area (Å²) in [7, 11) is 0. The van der Waals surface area contributed by atoms with Gasteiger partial charge in [-0.05, 0) is 49.9 Å². The van der Waals surface area contributed by atoms with Crippen molar-refractivity contribution in [2.24, 2.45) is 4.99 Å². The van der Waals surface area contributed by atoms with Crippen LogP contribution in [0.15, 0.2) is 70.3 Å². The average molecular weight is 498 g/mol. The molecule has 0 spiro atoms. The first-order valence-electron chi connectivity index (χ1n) is 10.7. The molecule has 2 heterocycles. The number of amidine groups is 1. The van der Waals surface area contributed by atoms with Crippen LogP contribution in [0, 0.1) is 6.92 Å². The van der Waals surface area contributed by atoms with Crippen molar-refractivity contribution in [3.05, 3.63) is 81.5 Å². The third kappa shape index (κ3) is 4.98. The van der Waals surface area contributed by atoms with E-state index < -0.39 is 12.0 Å². The molecule has 0 aliphatic carbocycles. The lowest BCUT2D eigenvalue weighted by molar-refractivity contribution is -0.139. The second-order valence-corrected chi connectivity index (χ2v) is 8.95. The molecule has 7 nitrogen and oxygen atoms in total. The van der Waals surface area contributed by atoms with Crippen molar-refractivity contribution >= 4 is 46.1 Å². The van der Waals surface area contributed by atoms with Crippen LogP contribution < -0.4 is 10.1 Å². The Balaban J connectivity index is 1.58. The van der Waals surface area contributed by atoms with Crippen LogP contribution in [0.4, 0.5) is 5.69 Å². The Morgan fingerprint density at radius 3 is 2.76 bits per heavy atom. The zero-order valence-corrected chi connectivity index (χ0v) is 20.6. The van der Waals surface area contributed by atoms with Gasteiger partial charge in [0.1, 0.15) is 5.75 Å². The molecule has 0 saturated carbocycles. The number of amides is 1. The number of aliphatic imine (C=N–C) groups is 1. The number of carbonyl (C=O) groups excluding carboxylic acids is 2. The molecule has 0 bridgehead atoms. The summed E-state index contributed by atoms with van der Waals surface area (Å²) >= 11 is 7.62. The fraction of sp³-hybridized carbons (Fsp3) is 0.240. The smallest absolute Gasteiger partial charge is 0.338 e. The SMILES string of the molecule is CCOC(=O)C1=C(C)N=C2SC=CN2C1c1ccccc1OCC(=O)Nc1ccc(C)c(Cl)c1. The van der Waals surface area contributed by atoms with Crippen molar-refractivity contribution in [3.63, 3.8) is 0 Å². The van der Waals surface area contributed by atoms with Crippen LogP contribution in [0.5, 0.6) is 5.75 Å². The molecule has 9 heteroatoms. The van der Waals surface area contributed by atoms with Gasteiger partial charge in [0.2, 0.25) is 0 Å². The lowest BCUT2D eigenvalue weighted by Gasteiger charge is -2.34. The lowest BCUT2D eigenvalue weighted by atomic mass is 9.94. The number of ether oxygens (including phenoxy) is 2. The van der Waals surface area contributed by atoms with E-state index in [0.717, 1.165) is 16.3 Å². The van der Waals surface area contributed by atoms with E-state index in [1.807, 2.05) is 47.7 Å². The predicted octanol–water partition coefficient (Wildman–Crippen LogP) is 5.43. The molecule has 2 aliphatic rings. The van der Waals surface area contributed by atoms with Crippen LogP contribution in [0.1, 0.15) is 31.0 Å². The molecular formula is C25H24ClN3O4S. The maximum atomic E-state index is 12.9. The van der Waals surface area contributed by atoms with Crippen molar-refractivity contribution in [2.75, 3.05) is 18.5 Å². The number of halogens is 1. The van der Waals surface area contributed by atoms with Crippen LogP contribution in [0.2, 0.25) is 5.02 Å². The molecule has 34 heavy (non-hydrogen) atoms. The van der Waals surface area contributed by atoms with Gasteiger partial charge in [-0.1, -0.05) is 47.6 Å². The number of thioether (sulfide) groups is 1. The number of benzene rings is 2. The Morgan fingerprint density at radius 2 is 2.00 bits per heavy atom. The third-order valence-corrected chi connectivity index (χ3v) is 6.52. The minimum absolute atomic E-state index is 0.210. The molecule has 0 saturated heterocycles. The first kappa shape index (κ1) is 23.9. The number of esters is 1. The number of nitrogens with one attached hydrogen (secondary N) is 1. The molecule has 1 unspecified atom stereocenters. The number of fused-ring (bicyclic) bond motifs is 1. The summed E-state index contributed by atoms with van der Waals surface area (Å²) in [6, 6.07) is 12.2. The Kier molecular flexibility index (Phi) is 7.29. The largest absolute Gasteiger partial charge is 0.483 e. The molecule has 0 aromatic heterocycles. The number of allylic oxidation sites excluding steroid dienone is 1. The number of carbonyl (C=O) groups is 2. The van der Waals surface area contributed by atoms with Gasteiger partial charge in [-0.3, -0.25) is 4.79 Å². The van der Waals surface area contributed by atoms with Crippen molar-refractivity contribution in [2.45, 2.75) is 26.8 Å². The van der Waals surface area contributed by atoms with E-state index in [-0.39, 0.29) is 19.1 Å². The predicted molar refractivity (Wildman–Crippen MR) is 135 cm³/mol. The van der Waals surface area contributed by atoms with Crippen LogP contribution in [-0.4, -0.2) is 35.2 Å². The van der Waals surface area contributed by atoms with Gasteiger partial charge < -0.3 is 19.7 Å². The summed E-state index contributed by atoms with van der Waals surface area (Å²) < 4.78 is 11.3. The third-order valence-electron chi connectivity index (χ3n) is 5.34. The van der Waals surface area contributed by atoms with Gasteiger partial charge in [-0.25, -0.2) is 9.79 Å². The first-order valence-corrected chi connectivity index (χ1v) is 12.0. The minimum Gasteiger partial charge on any atom is -0.483 e. The highest BCUT2D eigenvalue weighted by Gasteiger charge is 2.38. The molecule has 176 valence electrons. The van der Waals surface area contributed by atoms with Gasteiger partial charge in [0.25, 0.3) is 5.91 Å². The molecule has 2 aromatic rings. The Morgan fingerprint density at radius 1 is 1.21 bits per heavy atom. The Bertz CT molecular complexity index is 1220. The van der Waals surface area contributed by atoms with Crippen molar-refractivity contribution in [1.29, 1.82) is 0 Å². The number of hydrogen-bond donors (Lipinski definition) is 1. The summed E-state index contributed by atoms with van der Waals surface area (Å²) in [4.78, 5) is 31.9. The summed E-state index contributed by atoms with van der Waals surface area (Å²) in [6.45, 7) is 5.50. The molecular weight excluding hydrogens is 474 g/mol. The van der Waals surface area contributed by atoms with Gasteiger partial charge in [-0.15, -0.1) is 0 Å². The second-order valence-electron chi connectivity index (χ2n) is 7.67. The Labute approximate surface area is 207 Å². The highest BCUT2D eigenvalue weighted by molar-refractivity contribution is 8.16. The molecule has 0 radical (unpaired) electrons. The zero-order valence-electron chi connectivity index (χ0n) is 19.0. The van der Waals surface area contributed by atoms with Crippen molar-refractivity contribution in [3.8, 4) is 5.75 Å². The number of hydrogen-bond acceptors (Lipinski definition) is 7. The number of aryl methyl sites for hydroxylation is 1. The van der Waals surface area contributed by atoms with Crippen LogP contribution in [0.3, 0.4) is 0 Å². The molecule has 1 atom stereocenters. The van der Waals surface area contributed by atoms with Crippen molar-refractivity contribution < 1.29 is 19.1 Å². The van der Waals surface area contributed by atoms with Crippen LogP contribution in [0.25, 0.3) is 0 Å². The standard InChI is InChI=1S/C25H24ClN3O4S/c1-4-32-24(31)22-16(3)27-25-29(11-12-34-25)23(22)18-7-5-6-8-20(18)33-14-21(30)28-17-10-9-15(2)19(26)13-17/h5-13,23H,4,14H2,1-3H3,(H,28,30). The van der Waals surface area contributed by atoms with E-state index in [1.54, 1.807) is 32.0 Å². The quantitative estimate of drug-likeness (QED) is 0.513. The maximum Gasteiger partial charge on any atom is 0.338 e. The van der Waals surface area contributed by atoms with E-state index in [1.165, 1.54) is 11.8 Å². The number of nitrogens with zero attached hydrogens (tertiary/aromatic N) is 2. The molecule has 1 N–H and O–H groups in total. The summed E-state index contributed by atoms with van der Waals surface area (Å²) in [6.07, 6.45) is 1.88. The fourth-order valence-electron chi connectivity index (χ4n) is 3.73. The fourth-order valence-corrected chi connectivity index (χ4v) is 4.70. The number of para-hydroxylation sites is 1. The normalized spacial score (nSPS) is 16.8. The summed E-state index contributed by atoms with van der Waals surface area (Å²) in [5.74, 6) is -0.262. The highest BCUT2D eigenvalue weighted by atomic mass is 35.5. The average Bonchev–Trinajstić information content (AvgIpc) is 3.27. The molecule has 0 fully saturated rings. The van der Waals surface area contributed by atoms with Crippen LogP contribution >= 0.6 is 23.4 Å². The molecule has 2 aliphatic heterocycles. The van der Waals surface area contributed by atoms with Crippen molar-refractivity contribution in [1.82, 2.24) is 4.90 Å². The van der Waals surface area contributed by atoms with Gasteiger partial charge >= 0.3 is 5.97 Å². The first-order chi connectivity index (χ1) is 16.4. The van der Waals surface area contributed by atoms with E-state index in [4.69, 9.17) is 21.1 Å². The topological polar surface area (TPSA) is 80.2 Å². The summed E-state index contributed by atoms with van der Waals surface area (Å²) in [5.41, 5.74) is 3.28. The van der Waals surface area contributed by atoms with Gasteiger partial charge in [0.15, 0.2) is 11.8 Å². The zero-order chi connectivity index (χ0) is 24.2. The van der Waals surface area contributed by atoms with Gasteiger partial charge in [0.05, 0.1) is 23.9 Å². The highest BCUT2D eigenvalue weighted by Crippen LogP contribution is 2.43. The number of rotatable bonds is 7. The van der Waals surface area contributed by atoms with E-state index in [0.29, 0.717) is 27.7 Å². The second kappa shape index (κ2) is 10.4. The maximum absolute atomic E-state index is 12.9. The van der Waals surface area contributed by atoms with E-state index in [2.05, 4.69) is 10.3 Å². The van der Waals surface area contributed by atoms with Crippen LogP contribution in [-0.2, 0) is 14.3 Å². The Hall–Kier alpha value is -3.23. The number of anilines is 1. The molecule has 4 rings (SSSR count). The monoisotopic (exact) mass is 497 g/mol. The van der Waals surface area contributed by atoms with E-state index in [9.17, 15) is 9.59 Å². The molecule has 1 amide bonds. The summed E-state index contributed by atoms with van der Waals surface area (Å²) in [5, 5.41) is 6.04. The molecule has 2 aromatic carbocycles. The van der Waals surface area contributed by atoms with E-state index >= 15 is 0 Å². The van der Waals surface area contributed by atoms with Gasteiger partial charge in [0, 0.05) is 22.5 Å².